The van der Waals surface area contributed by atoms with Crippen molar-refractivity contribution in [1.82, 2.24) is 3.97 Å². The summed E-state index contributed by atoms with van der Waals surface area (Å²) in [7, 11) is -3.75. The minimum Gasteiger partial charge on any atom is -0.458 e. The number of allylic oxidation sites excluding steroid dienone is 1. The predicted molar refractivity (Wildman–Crippen MR) is 100 cm³/mol. The molecule has 2 aromatic carbocycles. The number of para-hydroxylation sites is 1. The van der Waals surface area contributed by atoms with Crippen LogP contribution in [0.25, 0.3) is 10.9 Å². The summed E-state index contributed by atoms with van der Waals surface area (Å²) in [4.78, 5) is 11.8. The lowest BCUT2D eigenvalue weighted by Crippen LogP contribution is -2.11. The molecule has 0 saturated heterocycles. The maximum absolute atomic E-state index is 13.1. The Morgan fingerprint density at radius 2 is 1.81 bits per heavy atom. The fourth-order valence-corrected chi connectivity index (χ4v) is 4.08. The molecule has 0 radical (unpaired) electrons. The average Bonchev–Trinajstić information content (AvgIpc) is 3.00. The van der Waals surface area contributed by atoms with E-state index in [4.69, 9.17) is 4.74 Å². The molecule has 0 atom stereocenters. The van der Waals surface area contributed by atoms with E-state index in [2.05, 4.69) is 0 Å². The van der Waals surface area contributed by atoms with E-state index in [1.807, 2.05) is 19.1 Å². The Bertz CT molecular complexity index is 1080. The van der Waals surface area contributed by atoms with E-state index in [1.165, 1.54) is 16.2 Å². The molecule has 0 fully saturated rings. The second-order valence-corrected chi connectivity index (χ2v) is 7.71. The van der Waals surface area contributed by atoms with Gasteiger partial charge in [0.25, 0.3) is 10.0 Å². The summed E-state index contributed by atoms with van der Waals surface area (Å²) in [5.74, 6) is -0.467. The van der Waals surface area contributed by atoms with Crippen molar-refractivity contribution in [2.45, 2.75) is 25.3 Å². The Labute approximate surface area is 152 Å². The van der Waals surface area contributed by atoms with Crippen LogP contribution in [0, 0.1) is 6.92 Å². The van der Waals surface area contributed by atoms with Crippen LogP contribution in [0.1, 0.15) is 18.1 Å². The van der Waals surface area contributed by atoms with Crippen molar-refractivity contribution >= 4 is 26.9 Å². The number of aromatic nitrogens is 1. The molecule has 26 heavy (non-hydrogen) atoms. The number of rotatable bonds is 5. The van der Waals surface area contributed by atoms with Gasteiger partial charge in [-0.1, -0.05) is 42.0 Å². The fraction of sp³-hybridized carbons (Fsp3) is 0.150. The Morgan fingerprint density at radius 3 is 2.50 bits per heavy atom. The number of carbonyl (C=O) groups is 1. The zero-order valence-corrected chi connectivity index (χ0v) is 15.4. The highest BCUT2D eigenvalue weighted by molar-refractivity contribution is 7.90. The highest BCUT2D eigenvalue weighted by Gasteiger charge is 2.21. The third-order valence-corrected chi connectivity index (χ3v) is 5.70. The zero-order valence-electron chi connectivity index (χ0n) is 14.5. The number of benzene rings is 2. The first-order valence-corrected chi connectivity index (χ1v) is 9.58. The number of nitrogens with zero attached hydrogens (tertiary/aromatic N) is 1. The van der Waals surface area contributed by atoms with Crippen LogP contribution < -0.4 is 0 Å². The smallest absolute Gasteiger partial charge is 0.330 e. The van der Waals surface area contributed by atoms with Gasteiger partial charge in [0.05, 0.1) is 10.4 Å². The third-order valence-electron chi connectivity index (χ3n) is 4.01. The molecular formula is C20H19NO4S. The van der Waals surface area contributed by atoms with Crippen LogP contribution in [0.2, 0.25) is 0 Å². The van der Waals surface area contributed by atoms with E-state index < -0.39 is 16.0 Å². The van der Waals surface area contributed by atoms with Crippen LogP contribution in [-0.2, 0) is 26.2 Å². The lowest BCUT2D eigenvalue weighted by molar-refractivity contribution is -0.138. The van der Waals surface area contributed by atoms with Crippen LogP contribution in [0.4, 0.5) is 0 Å². The number of aryl methyl sites for hydroxylation is 1. The molecule has 0 aliphatic heterocycles. The molecule has 0 N–H and O–H groups in total. The van der Waals surface area contributed by atoms with E-state index >= 15 is 0 Å². The SMILES string of the molecule is C/C=C/C(=O)OCc1cn(S(=O)(=O)c2ccc(C)cc2)c2ccccc12. The van der Waals surface area contributed by atoms with E-state index in [0.29, 0.717) is 11.1 Å². The van der Waals surface area contributed by atoms with Gasteiger partial charge in [-0.2, -0.15) is 0 Å². The second kappa shape index (κ2) is 7.17. The number of ether oxygens (including phenoxy) is 1. The highest BCUT2D eigenvalue weighted by atomic mass is 32.2. The molecule has 1 heterocycles. The van der Waals surface area contributed by atoms with Crippen LogP contribution in [-0.4, -0.2) is 18.4 Å². The first-order chi connectivity index (χ1) is 12.4. The quantitative estimate of drug-likeness (QED) is 0.507. The van der Waals surface area contributed by atoms with Gasteiger partial charge in [-0.25, -0.2) is 17.2 Å². The van der Waals surface area contributed by atoms with Gasteiger partial charge in [0.15, 0.2) is 0 Å². The lowest BCUT2D eigenvalue weighted by Gasteiger charge is -2.07. The van der Waals surface area contributed by atoms with E-state index in [-0.39, 0.29) is 11.5 Å². The summed E-state index contributed by atoms with van der Waals surface area (Å²) >= 11 is 0. The standard InChI is InChI=1S/C20H19NO4S/c1-3-6-20(22)25-14-16-13-21(19-8-5-4-7-18(16)19)26(23,24)17-11-9-15(2)10-12-17/h3-13H,14H2,1-2H3/b6-3+. The predicted octanol–water partition coefficient (Wildman–Crippen LogP) is 3.81. The molecule has 0 aliphatic rings. The van der Waals surface area contributed by atoms with Crippen molar-refractivity contribution in [1.29, 1.82) is 0 Å². The fourth-order valence-electron chi connectivity index (χ4n) is 2.69. The summed E-state index contributed by atoms with van der Waals surface area (Å²) in [6.07, 6.45) is 4.43. The largest absolute Gasteiger partial charge is 0.458 e. The highest BCUT2D eigenvalue weighted by Crippen LogP contribution is 2.26. The zero-order chi connectivity index (χ0) is 18.7. The van der Waals surface area contributed by atoms with E-state index in [9.17, 15) is 13.2 Å². The summed E-state index contributed by atoms with van der Waals surface area (Å²) < 4.78 is 32.5. The number of carbonyl (C=O) groups excluding carboxylic acids is 1. The molecule has 5 nitrogen and oxygen atoms in total. The Morgan fingerprint density at radius 1 is 1.12 bits per heavy atom. The Kier molecular flexibility index (Phi) is 4.95. The number of esters is 1. The average molecular weight is 369 g/mol. The van der Waals surface area contributed by atoms with Crippen LogP contribution in [0.15, 0.2) is 71.8 Å². The molecule has 6 heteroatoms. The first-order valence-electron chi connectivity index (χ1n) is 8.14. The molecule has 0 saturated carbocycles. The van der Waals surface area contributed by atoms with Gasteiger partial charge in [-0.15, -0.1) is 0 Å². The van der Waals surface area contributed by atoms with E-state index in [1.54, 1.807) is 49.4 Å². The lowest BCUT2D eigenvalue weighted by atomic mass is 10.2. The molecule has 3 rings (SSSR count). The molecule has 0 bridgehead atoms. The molecular weight excluding hydrogens is 350 g/mol. The van der Waals surface area contributed by atoms with Crippen LogP contribution >= 0.6 is 0 Å². The topological polar surface area (TPSA) is 65.4 Å². The summed E-state index contributed by atoms with van der Waals surface area (Å²) in [5, 5.41) is 0.733. The minimum atomic E-state index is -3.75. The summed E-state index contributed by atoms with van der Waals surface area (Å²) in [6, 6.07) is 13.8. The van der Waals surface area contributed by atoms with Gasteiger partial charge in [0.1, 0.15) is 6.61 Å². The van der Waals surface area contributed by atoms with Crippen molar-refractivity contribution in [3.05, 3.63) is 78.0 Å². The number of fused-ring (bicyclic) bond motifs is 1. The minimum absolute atomic E-state index is 0.000104. The summed E-state index contributed by atoms with van der Waals surface area (Å²) in [5.41, 5.74) is 2.16. The monoisotopic (exact) mass is 369 g/mol. The number of hydrogen-bond acceptors (Lipinski definition) is 4. The van der Waals surface area contributed by atoms with Gasteiger partial charge in [0.2, 0.25) is 0 Å². The van der Waals surface area contributed by atoms with Gasteiger partial charge in [-0.3, -0.25) is 0 Å². The van der Waals surface area contributed by atoms with Crippen molar-refractivity contribution < 1.29 is 17.9 Å². The van der Waals surface area contributed by atoms with Crippen molar-refractivity contribution in [2.24, 2.45) is 0 Å². The first kappa shape index (κ1) is 17.9. The van der Waals surface area contributed by atoms with Crippen LogP contribution in [0.3, 0.4) is 0 Å². The second-order valence-electron chi connectivity index (χ2n) is 5.89. The molecule has 1 aromatic heterocycles. The Hall–Kier alpha value is -2.86. The molecule has 3 aromatic rings. The van der Waals surface area contributed by atoms with Crippen molar-refractivity contribution in [3.63, 3.8) is 0 Å². The molecule has 0 spiro atoms. The van der Waals surface area contributed by atoms with E-state index in [0.717, 1.165) is 10.9 Å². The summed E-state index contributed by atoms with van der Waals surface area (Å²) in [6.45, 7) is 3.63. The molecule has 0 amide bonds. The van der Waals surface area contributed by atoms with Crippen molar-refractivity contribution in [3.8, 4) is 0 Å². The maximum atomic E-state index is 13.1. The van der Waals surface area contributed by atoms with Gasteiger partial charge in [0, 0.05) is 23.2 Å². The third kappa shape index (κ3) is 3.41. The molecule has 0 unspecified atom stereocenters. The van der Waals surface area contributed by atoms with Gasteiger partial charge >= 0.3 is 5.97 Å². The number of hydrogen-bond donors (Lipinski definition) is 0. The molecule has 134 valence electrons. The Balaban J connectivity index is 2.06. The molecule has 0 aliphatic carbocycles. The van der Waals surface area contributed by atoms with Gasteiger partial charge in [-0.05, 0) is 32.0 Å². The van der Waals surface area contributed by atoms with Gasteiger partial charge < -0.3 is 4.74 Å². The maximum Gasteiger partial charge on any atom is 0.330 e. The normalized spacial score (nSPS) is 11.9. The van der Waals surface area contributed by atoms with Crippen molar-refractivity contribution in [2.75, 3.05) is 0 Å². The van der Waals surface area contributed by atoms with Crippen LogP contribution in [0.5, 0.6) is 0 Å².